The molecule has 6 rings (SSSR count). The maximum Gasteiger partial charge on any atom is 0.328 e. The second kappa shape index (κ2) is 8.41. The van der Waals surface area contributed by atoms with Crippen LogP contribution < -0.4 is 16.1 Å². The third kappa shape index (κ3) is 3.76. The lowest BCUT2D eigenvalue weighted by atomic mass is 9.89. The van der Waals surface area contributed by atoms with Gasteiger partial charge in [-0.2, -0.15) is 0 Å². The lowest BCUT2D eigenvalue weighted by molar-refractivity contribution is 0.0934. The molecule has 3 fully saturated rings. The lowest BCUT2D eigenvalue weighted by Crippen LogP contribution is -2.63. The molecule has 2 bridgehead atoms. The number of rotatable bonds is 5. The number of aromatic amines is 1. The number of H-pyrrole nitrogens is 1. The number of halogens is 1. The summed E-state index contributed by atoms with van der Waals surface area (Å²) in [4.78, 5) is 33.2. The molecule has 3 aromatic rings. The van der Waals surface area contributed by atoms with Crippen molar-refractivity contribution in [2.45, 2.75) is 51.7 Å². The molecule has 2 unspecified atom stereocenters. The van der Waals surface area contributed by atoms with Crippen LogP contribution in [0.4, 0.5) is 5.69 Å². The smallest absolute Gasteiger partial charge is 0.328 e. The minimum absolute atomic E-state index is 0.271. The molecule has 2 atom stereocenters. The highest BCUT2D eigenvalue weighted by molar-refractivity contribution is 6.34. The van der Waals surface area contributed by atoms with Crippen molar-refractivity contribution in [1.29, 1.82) is 0 Å². The summed E-state index contributed by atoms with van der Waals surface area (Å²) in [6.07, 6.45) is 3.20. The fourth-order valence-electron chi connectivity index (χ4n) is 5.49. The van der Waals surface area contributed by atoms with Crippen LogP contribution in [0.1, 0.15) is 30.4 Å². The van der Waals surface area contributed by atoms with Gasteiger partial charge in [0.15, 0.2) is 0 Å². The third-order valence-corrected chi connectivity index (χ3v) is 7.41. The molecule has 32 heavy (non-hydrogen) atoms. The van der Waals surface area contributed by atoms with E-state index in [0.717, 1.165) is 26.1 Å². The van der Waals surface area contributed by atoms with Crippen molar-refractivity contribution < 1.29 is 0 Å². The topological polar surface area (TPSA) is 61.3 Å². The number of aromatic nitrogens is 2. The zero-order chi connectivity index (χ0) is 22.4. The summed E-state index contributed by atoms with van der Waals surface area (Å²) in [6.45, 7) is 7.72. The number of nitrogens with one attached hydrogen (secondary N) is 1. The van der Waals surface area contributed by atoms with Crippen LogP contribution in [0.3, 0.4) is 0 Å². The number of hydrogen-bond donors (Lipinski definition) is 1. The highest BCUT2D eigenvalue weighted by Crippen LogP contribution is 2.34. The molecular formula is C25H29ClN4O2. The Labute approximate surface area is 192 Å². The molecule has 4 heterocycles. The maximum absolute atomic E-state index is 12.8. The van der Waals surface area contributed by atoms with E-state index in [1.54, 1.807) is 18.2 Å². The molecule has 3 saturated heterocycles. The van der Waals surface area contributed by atoms with Crippen LogP contribution in [-0.2, 0) is 6.54 Å². The van der Waals surface area contributed by atoms with Gasteiger partial charge in [0.25, 0.3) is 5.56 Å². The molecule has 1 N–H and O–H groups in total. The molecule has 0 spiro atoms. The van der Waals surface area contributed by atoms with Gasteiger partial charge in [0.1, 0.15) is 0 Å². The minimum Gasteiger partial charge on any atom is -0.365 e. The van der Waals surface area contributed by atoms with Gasteiger partial charge < -0.3 is 9.88 Å². The van der Waals surface area contributed by atoms with Crippen LogP contribution in [-0.4, -0.2) is 46.2 Å². The monoisotopic (exact) mass is 452 g/mol. The first-order chi connectivity index (χ1) is 15.4. The van der Waals surface area contributed by atoms with E-state index in [1.165, 1.54) is 34.2 Å². The number of nitrogens with zero attached hydrogens (tertiary/aromatic N) is 3. The van der Waals surface area contributed by atoms with Gasteiger partial charge in [-0.1, -0.05) is 35.4 Å². The number of anilines is 1. The van der Waals surface area contributed by atoms with Gasteiger partial charge in [-0.15, -0.1) is 0 Å². The normalized spacial score (nSPS) is 20.9. The molecule has 3 aliphatic rings. The molecule has 0 aliphatic carbocycles. The zero-order valence-electron chi connectivity index (χ0n) is 18.6. The van der Waals surface area contributed by atoms with E-state index in [9.17, 15) is 9.59 Å². The number of aryl methyl sites for hydroxylation is 2. The number of piperazine rings is 1. The first-order valence-corrected chi connectivity index (χ1v) is 11.8. The van der Waals surface area contributed by atoms with Gasteiger partial charge in [0.2, 0.25) is 0 Å². The fraction of sp³-hybridized carbons (Fsp3) is 0.440. The van der Waals surface area contributed by atoms with Crippen LogP contribution in [0, 0.1) is 13.8 Å². The quantitative estimate of drug-likeness (QED) is 0.641. The van der Waals surface area contributed by atoms with E-state index in [0.29, 0.717) is 34.6 Å². The predicted molar refractivity (Wildman–Crippen MR) is 130 cm³/mol. The fourth-order valence-corrected chi connectivity index (χ4v) is 5.71. The Morgan fingerprint density at radius 3 is 2.59 bits per heavy atom. The highest BCUT2D eigenvalue weighted by atomic mass is 35.5. The van der Waals surface area contributed by atoms with E-state index < -0.39 is 5.69 Å². The SMILES string of the molecule is Cc1ccc(N2CC3CCC2CN3CCCn2c(=O)[nH]c3c(Cl)cccc3c2=O)c(C)c1. The van der Waals surface area contributed by atoms with E-state index in [4.69, 9.17) is 11.6 Å². The molecule has 0 radical (unpaired) electrons. The van der Waals surface area contributed by atoms with Crippen LogP contribution in [0.25, 0.3) is 10.9 Å². The Kier molecular flexibility index (Phi) is 5.59. The summed E-state index contributed by atoms with van der Waals surface area (Å²) in [5.41, 5.74) is 3.76. The summed E-state index contributed by atoms with van der Waals surface area (Å²) in [5.74, 6) is 0. The van der Waals surface area contributed by atoms with Crippen molar-refractivity contribution in [3.05, 3.63) is 73.4 Å². The average Bonchev–Trinajstić information content (AvgIpc) is 2.77. The van der Waals surface area contributed by atoms with Crippen molar-refractivity contribution in [3.8, 4) is 0 Å². The van der Waals surface area contributed by atoms with Crippen LogP contribution in [0.2, 0.25) is 5.02 Å². The standard InChI is InChI=1S/C25H29ClN4O2/c1-16-7-10-22(17(2)13-16)30-15-18-8-9-19(30)14-28(18)11-4-12-29-24(31)20-5-3-6-21(26)23(20)27-25(29)32/h3,5-7,10,13,18-19H,4,8-9,11-12,14-15H2,1-2H3,(H,27,32). The van der Waals surface area contributed by atoms with Gasteiger partial charge in [0, 0.05) is 44.0 Å². The number of para-hydroxylation sites is 1. The summed E-state index contributed by atoms with van der Waals surface area (Å²) in [6, 6.07) is 12.9. The summed E-state index contributed by atoms with van der Waals surface area (Å²) in [5, 5.41) is 0.847. The van der Waals surface area contributed by atoms with Crippen molar-refractivity contribution in [1.82, 2.24) is 14.5 Å². The molecule has 3 aliphatic heterocycles. The van der Waals surface area contributed by atoms with Crippen molar-refractivity contribution >= 4 is 28.2 Å². The van der Waals surface area contributed by atoms with Gasteiger partial charge >= 0.3 is 5.69 Å². The number of benzene rings is 2. The molecule has 168 valence electrons. The Morgan fingerprint density at radius 1 is 1.03 bits per heavy atom. The summed E-state index contributed by atoms with van der Waals surface area (Å²) < 4.78 is 1.31. The highest BCUT2D eigenvalue weighted by Gasteiger charge is 2.38. The van der Waals surface area contributed by atoms with Gasteiger partial charge in [0.05, 0.1) is 15.9 Å². The zero-order valence-corrected chi connectivity index (χ0v) is 19.4. The first kappa shape index (κ1) is 21.3. The molecule has 2 aromatic carbocycles. The number of hydrogen-bond acceptors (Lipinski definition) is 4. The average molecular weight is 453 g/mol. The molecular weight excluding hydrogens is 424 g/mol. The van der Waals surface area contributed by atoms with Gasteiger partial charge in [-0.25, -0.2) is 4.79 Å². The first-order valence-electron chi connectivity index (χ1n) is 11.4. The number of fused-ring (bicyclic) bond motifs is 4. The van der Waals surface area contributed by atoms with Crippen molar-refractivity contribution in [3.63, 3.8) is 0 Å². The van der Waals surface area contributed by atoms with Gasteiger partial charge in [-0.05, 0) is 56.9 Å². The van der Waals surface area contributed by atoms with E-state index in [1.807, 2.05) is 0 Å². The van der Waals surface area contributed by atoms with E-state index in [-0.39, 0.29) is 5.56 Å². The largest absolute Gasteiger partial charge is 0.365 e. The predicted octanol–water partition coefficient (Wildman–Crippen LogP) is 3.70. The second-order valence-corrected chi connectivity index (χ2v) is 9.63. The number of piperidine rings is 2. The summed E-state index contributed by atoms with van der Waals surface area (Å²) >= 11 is 6.14. The summed E-state index contributed by atoms with van der Waals surface area (Å²) in [7, 11) is 0. The van der Waals surface area contributed by atoms with Crippen LogP contribution >= 0.6 is 11.6 Å². The molecule has 0 amide bonds. The van der Waals surface area contributed by atoms with Crippen molar-refractivity contribution in [2.75, 3.05) is 24.5 Å². The van der Waals surface area contributed by atoms with Crippen LogP contribution in [0.5, 0.6) is 0 Å². The Hall–Kier alpha value is -2.57. The maximum atomic E-state index is 12.8. The van der Waals surface area contributed by atoms with Gasteiger partial charge in [-0.3, -0.25) is 14.3 Å². The van der Waals surface area contributed by atoms with Crippen LogP contribution in [0.15, 0.2) is 46.0 Å². The third-order valence-electron chi connectivity index (χ3n) is 7.10. The second-order valence-electron chi connectivity index (χ2n) is 9.23. The minimum atomic E-state index is -0.392. The Bertz CT molecular complexity index is 1280. The Balaban J connectivity index is 1.27. The van der Waals surface area contributed by atoms with E-state index in [2.05, 4.69) is 46.8 Å². The molecule has 0 saturated carbocycles. The molecule has 6 nitrogen and oxygen atoms in total. The van der Waals surface area contributed by atoms with E-state index >= 15 is 0 Å². The van der Waals surface area contributed by atoms with Crippen molar-refractivity contribution in [2.24, 2.45) is 0 Å². The molecule has 7 heteroatoms. The molecule has 1 aromatic heterocycles. The lowest BCUT2D eigenvalue weighted by Gasteiger charge is -2.53. The Morgan fingerprint density at radius 2 is 1.84 bits per heavy atom.